The lowest BCUT2D eigenvalue weighted by molar-refractivity contribution is 0.00321. The molecule has 12 atom stereocenters. The highest BCUT2D eigenvalue weighted by Crippen LogP contribution is 2.77. The fraction of sp³-hybridized carbons (Fsp3) is 0.569. The Balaban J connectivity index is 1.01. The van der Waals surface area contributed by atoms with Gasteiger partial charge in [0.25, 0.3) is 0 Å². The van der Waals surface area contributed by atoms with E-state index in [-0.39, 0.29) is 0 Å². The number of nitrogens with zero attached hydrogens (tertiary/aromatic N) is 3. The first-order valence-electron chi connectivity index (χ1n) is 23.0. The number of rotatable bonds is 0. The molecule has 2 aromatic carbocycles. The molecule has 0 aliphatic heterocycles. The van der Waals surface area contributed by atoms with Crippen molar-refractivity contribution >= 4 is 60.0 Å². The summed E-state index contributed by atoms with van der Waals surface area (Å²) in [5.41, 5.74) is 17.3. The predicted molar refractivity (Wildman–Crippen MR) is 215 cm³/mol. The van der Waals surface area contributed by atoms with Crippen LogP contribution in [0.4, 0.5) is 0 Å². The van der Waals surface area contributed by atoms with Crippen molar-refractivity contribution < 1.29 is 4.42 Å². The molecular formula is C51H47N3O. The second kappa shape index (κ2) is 8.32. The van der Waals surface area contributed by atoms with Gasteiger partial charge in [-0.05, 0) is 207 Å². The topological polar surface area (TPSA) is 43.3 Å². The summed E-state index contributed by atoms with van der Waals surface area (Å²) in [6.07, 6.45) is 25.9. The summed E-state index contributed by atoms with van der Waals surface area (Å²) < 4.78 is 10.1. The normalized spacial score (nSPS) is 44.1. The van der Waals surface area contributed by atoms with Crippen molar-refractivity contribution in [3.63, 3.8) is 0 Å². The lowest BCUT2D eigenvalue weighted by Crippen LogP contribution is -2.41. The van der Waals surface area contributed by atoms with Gasteiger partial charge in [0.1, 0.15) is 11.2 Å². The molecule has 7 aromatic rings. The number of furan rings is 1. The number of fused-ring (bicyclic) bond motifs is 21. The lowest BCUT2D eigenvalue weighted by atomic mass is 9.56. The van der Waals surface area contributed by atoms with Crippen LogP contribution in [-0.4, -0.2) is 14.4 Å². The number of hydrogen-bond donors (Lipinski definition) is 0. The van der Waals surface area contributed by atoms with Gasteiger partial charge in [-0.15, -0.1) is 0 Å². The number of hydrogen-bond acceptors (Lipinski definition) is 3. The molecule has 12 aliphatic carbocycles. The van der Waals surface area contributed by atoms with Crippen molar-refractivity contribution in [2.24, 2.45) is 46.3 Å². The molecule has 5 aromatic heterocycles. The van der Waals surface area contributed by atoms with Gasteiger partial charge in [-0.3, -0.25) is 9.97 Å². The van der Waals surface area contributed by atoms with Crippen LogP contribution in [-0.2, 0) is 0 Å². The van der Waals surface area contributed by atoms with Crippen molar-refractivity contribution in [2.75, 3.05) is 0 Å². The molecule has 55 heavy (non-hydrogen) atoms. The third kappa shape index (κ3) is 2.76. The molecule has 272 valence electrons. The van der Waals surface area contributed by atoms with E-state index < -0.39 is 0 Å². The standard InChI is InChI=1S/C51H47N3O/c1-21-2-23-3-22(1)5-24(4-21)46-41(23)44-39(20-52-46)54-38-19-53-47-28-9-32-11-31-8-27(17-51(31,32)18-28)42(47)43(38)37-13-36-35-12-33-25-6-29-10-30-7-26(16-50(29,30)15-25)34(33)14-40(35)55-49(36)45(44)48(37)54/h12-14,19-32H,1-11,15-18H2. The third-order valence-electron chi connectivity index (χ3n) is 21.2. The first kappa shape index (κ1) is 27.9. The van der Waals surface area contributed by atoms with Gasteiger partial charge in [-0.1, -0.05) is 0 Å². The Bertz CT molecular complexity index is 3040. The summed E-state index contributed by atoms with van der Waals surface area (Å²) in [4.78, 5) is 11.1. The lowest BCUT2D eigenvalue weighted by Gasteiger charge is -2.48. The van der Waals surface area contributed by atoms with Crippen molar-refractivity contribution in [1.29, 1.82) is 0 Å². The largest absolute Gasteiger partial charge is 0.455 e. The Hall–Kier alpha value is -3.66. The predicted octanol–water partition coefficient (Wildman–Crippen LogP) is 12.7. The monoisotopic (exact) mass is 717 g/mol. The minimum absolute atomic E-state index is 0.623. The first-order valence-corrected chi connectivity index (χ1v) is 23.0. The zero-order chi connectivity index (χ0) is 34.6. The summed E-state index contributed by atoms with van der Waals surface area (Å²) in [5.74, 6) is 9.70. The average molecular weight is 718 g/mol. The summed E-state index contributed by atoms with van der Waals surface area (Å²) in [6, 6.07) is 7.95. The first-order chi connectivity index (χ1) is 27.1. The quantitative estimate of drug-likeness (QED) is 0.157. The van der Waals surface area contributed by atoms with Crippen molar-refractivity contribution in [1.82, 2.24) is 14.4 Å². The molecule has 0 radical (unpaired) electrons. The van der Waals surface area contributed by atoms with E-state index in [4.69, 9.17) is 14.4 Å². The molecule has 10 bridgehead atoms. The highest BCUT2D eigenvalue weighted by Gasteiger charge is 2.67. The second-order valence-electron chi connectivity index (χ2n) is 22.7. The van der Waals surface area contributed by atoms with Crippen LogP contribution in [0.1, 0.15) is 165 Å². The van der Waals surface area contributed by atoms with Crippen LogP contribution in [0.2, 0.25) is 0 Å². The summed E-state index contributed by atoms with van der Waals surface area (Å²) in [6.45, 7) is 0. The van der Waals surface area contributed by atoms with Gasteiger partial charge in [-0.25, -0.2) is 0 Å². The van der Waals surface area contributed by atoms with E-state index >= 15 is 0 Å². The second-order valence-corrected chi connectivity index (χ2v) is 22.7. The summed E-state index contributed by atoms with van der Waals surface area (Å²) >= 11 is 0. The van der Waals surface area contributed by atoms with E-state index in [1.54, 1.807) is 27.6 Å². The Morgan fingerprint density at radius 1 is 0.509 bits per heavy atom. The van der Waals surface area contributed by atoms with E-state index in [1.807, 2.05) is 0 Å². The van der Waals surface area contributed by atoms with Crippen LogP contribution in [0.15, 0.2) is 35.0 Å². The maximum absolute atomic E-state index is 7.45. The minimum Gasteiger partial charge on any atom is -0.455 e. The smallest absolute Gasteiger partial charge is 0.145 e. The van der Waals surface area contributed by atoms with Crippen LogP contribution in [0.5, 0.6) is 0 Å². The third-order valence-corrected chi connectivity index (χ3v) is 21.2. The molecule has 0 amide bonds. The molecule has 4 nitrogen and oxygen atoms in total. The molecule has 8 fully saturated rings. The van der Waals surface area contributed by atoms with Crippen molar-refractivity contribution in [2.45, 2.75) is 132 Å². The Labute approximate surface area is 320 Å². The molecule has 4 heteroatoms. The Morgan fingerprint density at radius 2 is 1.11 bits per heavy atom. The number of aromatic nitrogens is 3. The Kier molecular flexibility index (Phi) is 4.22. The average Bonchev–Trinajstić information content (AvgIpc) is 4.00. The van der Waals surface area contributed by atoms with E-state index in [1.165, 1.54) is 151 Å². The van der Waals surface area contributed by atoms with Gasteiger partial charge in [0, 0.05) is 50.2 Å². The molecule has 12 aliphatic rings. The Morgan fingerprint density at radius 3 is 1.87 bits per heavy atom. The minimum atomic E-state index is 0.623. The van der Waals surface area contributed by atoms with Gasteiger partial charge >= 0.3 is 0 Å². The molecule has 0 N–H and O–H groups in total. The van der Waals surface area contributed by atoms with Gasteiger partial charge in [0.15, 0.2) is 0 Å². The van der Waals surface area contributed by atoms with Gasteiger partial charge in [-0.2, -0.15) is 0 Å². The van der Waals surface area contributed by atoms with Crippen LogP contribution in [0.3, 0.4) is 0 Å². The van der Waals surface area contributed by atoms with Crippen LogP contribution < -0.4 is 0 Å². The molecule has 2 spiro atoms. The van der Waals surface area contributed by atoms with Gasteiger partial charge < -0.3 is 8.82 Å². The molecule has 19 rings (SSSR count). The number of benzene rings is 2. The maximum atomic E-state index is 7.45. The zero-order valence-electron chi connectivity index (χ0n) is 31.7. The fourth-order valence-corrected chi connectivity index (χ4v) is 19.7. The molecular weight excluding hydrogens is 671 g/mol. The van der Waals surface area contributed by atoms with Crippen LogP contribution in [0.25, 0.3) is 60.0 Å². The highest BCUT2D eigenvalue weighted by molar-refractivity contribution is 6.33. The molecule has 0 saturated heterocycles. The van der Waals surface area contributed by atoms with E-state index in [9.17, 15) is 0 Å². The summed E-state index contributed by atoms with van der Waals surface area (Å²) in [7, 11) is 0. The van der Waals surface area contributed by atoms with E-state index in [0.717, 1.165) is 58.5 Å². The van der Waals surface area contributed by atoms with Crippen molar-refractivity contribution in [3.05, 3.63) is 64.2 Å². The molecule has 12 unspecified atom stereocenters. The van der Waals surface area contributed by atoms with Crippen molar-refractivity contribution in [3.8, 4) is 0 Å². The van der Waals surface area contributed by atoms with Crippen LogP contribution in [0, 0.1) is 46.3 Å². The van der Waals surface area contributed by atoms with Crippen LogP contribution >= 0.6 is 0 Å². The highest BCUT2D eigenvalue weighted by atomic mass is 16.3. The van der Waals surface area contributed by atoms with Gasteiger partial charge in [0.2, 0.25) is 0 Å². The fourth-order valence-electron chi connectivity index (χ4n) is 19.7. The zero-order valence-corrected chi connectivity index (χ0v) is 31.7. The van der Waals surface area contributed by atoms with E-state index in [0.29, 0.717) is 34.5 Å². The molecule has 5 heterocycles. The SMILES string of the molecule is c1c2c(cc3c1oc1c3cc3c4c5c(ncc4n4c6cnc7c(c6c1c34)C1CC3CC(CC7C3)C1)C1CC3CC4CC5CC34C1)C1CC3CC4CC2CC43C1. The number of pyridine rings is 2. The van der Waals surface area contributed by atoms with E-state index in [2.05, 4.69) is 35.0 Å². The van der Waals surface area contributed by atoms with Gasteiger partial charge in [0.05, 0.1) is 34.3 Å². The maximum Gasteiger partial charge on any atom is 0.145 e. The molecule has 8 saturated carbocycles. The summed E-state index contributed by atoms with van der Waals surface area (Å²) in [5, 5.41) is 8.74.